The lowest BCUT2D eigenvalue weighted by Crippen LogP contribution is -2.40. The number of nitrogens with one attached hydrogen (secondary N) is 4. The fourth-order valence-electron chi connectivity index (χ4n) is 12.7. The number of ketones is 2. The summed E-state index contributed by atoms with van der Waals surface area (Å²) in [6.45, 7) is 10.5. The highest BCUT2D eigenvalue weighted by Gasteiger charge is 2.43. The zero-order chi connectivity index (χ0) is 53.5. The highest BCUT2D eigenvalue weighted by atomic mass is 16.5. The maximum Gasteiger partial charge on any atom is 0.173 e. The number of ether oxygens (including phenoxy) is 1. The van der Waals surface area contributed by atoms with Gasteiger partial charge in [0, 0.05) is 61.9 Å². The Morgan fingerprint density at radius 2 is 1.68 bits per heavy atom. The summed E-state index contributed by atoms with van der Waals surface area (Å²) in [6, 6.07) is 26.7. The summed E-state index contributed by atoms with van der Waals surface area (Å²) in [5.74, 6) is 6.17. The smallest absolute Gasteiger partial charge is 0.173 e. The summed E-state index contributed by atoms with van der Waals surface area (Å²) in [5, 5.41) is 59.9. The van der Waals surface area contributed by atoms with Crippen LogP contribution in [0.25, 0.3) is 10.8 Å². The predicted octanol–water partition coefficient (Wildman–Crippen LogP) is 10.2. The van der Waals surface area contributed by atoms with Crippen LogP contribution in [0.2, 0.25) is 0 Å². The van der Waals surface area contributed by atoms with Gasteiger partial charge in [-0.05, 0) is 174 Å². The Hall–Kier alpha value is -6.16. The first-order valence-corrected chi connectivity index (χ1v) is 28.1. The van der Waals surface area contributed by atoms with E-state index in [4.69, 9.17) is 4.74 Å². The monoisotopic (exact) mass is 1030 g/mol. The van der Waals surface area contributed by atoms with Gasteiger partial charge in [0.1, 0.15) is 5.82 Å². The van der Waals surface area contributed by atoms with E-state index in [0.29, 0.717) is 57.7 Å². The molecule has 8 N–H and O–H groups in total. The van der Waals surface area contributed by atoms with E-state index in [2.05, 4.69) is 133 Å². The number of aromatic amines is 1. The summed E-state index contributed by atoms with van der Waals surface area (Å²) < 4.78 is 5.60. The van der Waals surface area contributed by atoms with Crippen molar-refractivity contribution in [2.45, 2.75) is 135 Å². The second-order valence-electron chi connectivity index (χ2n) is 22.9. The number of H-pyrrole nitrogens is 1. The van der Waals surface area contributed by atoms with Gasteiger partial charge < -0.3 is 46.1 Å². The number of methoxy groups -OCH3 is 1. The molecule has 9 rings (SSSR count). The van der Waals surface area contributed by atoms with Gasteiger partial charge in [0.2, 0.25) is 0 Å². The first kappa shape index (κ1) is 54.6. The van der Waals surface area contributed by atoms with E-state index in [1.54, 1.807) is 12.1 Å². The van der Waals surface area contributed by atoms with Crippen molar-refractivity contribution in [3.05, 3.63) is 148 Å². The van der Waals surface area contributed by atoms with E-state index < -0.39 is 47.6 Å². The number of aliphatic hydroxyl groups is 3. The Morgan fingerprint density at radius 1 is 0.855 bits per heavy atom. The number of allylic oxidation sites excluding steroid dienone is 2. The molecular weight excluding hydrogens is 949 g/mol. The minimum Gasteiger partial charge on any atom is -0.504 e. The van der Waals surface area contributed by atoms with Gasteiger partial charge in [0.05, 0.1) is 25.2 Å². The Labute approximate surface area is 450 Å². The SMILES string of the molecule is CCCC1C(O)Cc2cc(c[nH]2)C(C)CNCC(O)Cc2ccc3ccc(cc3c2)NC2=CC(=CCN2)CC2CC3C#CC(c4ccccc4CCC(C)C)c4cc(O)c(OC)cc4CCC(=O)C(O)C(=O)C3CC1C2. The molecule has 4 aliphatic rings. The number of aromatic hydroxyl groups is 1. The topological polar surface area (TPSA) is 176 Å². The van der Waals surface area contributed by atoms with Crippen LogP contribution < -0.4 is 20.7 Å². The molecule has 3 heterocycles. The average molecular weight is 1030 g/mol. The quantitative estimate of drug-likeness (QED) is 0.0579. The molecule has 4 aromatic carbocycles. The number of rotatable bonds is 7. The fraction of sp³-hybridized carbons (Fsp3) is 0.477. The van der Waals surface area contributed by atoms with Gasteiger partial charge in [-0.15, -0.1) is 0 Å². The number of β-amino-alcohol motifs (C(OH)–C–C–N with tert-alkyl or cyclic N) is 1. The van der Waals surface area contributed by atoms with Crippen molar-refractivity contribution < 1.29 is 34.8 Å². The summed E-state index contributed by atoms with van der Waals surface area (Å²) in [4.78, 5) is 32.9. The zero-order valence-corrected chi connectivity index (χ0v) is 45.2. The van der Waals surface area contributed by atoms with Crippen LogP contribution in [0, 0.1) is 47.3 Å². The van der Waals surface area contributed by atoms with Crippen molar-refractivity contribution >= 4 is 28.0 Å². The first-order chi connectivity index (χ1) is 36.7. The Bertz CT molecular complexity index is 2980. The second-order valence-corrected chi connectivity index (χ2v) is 22.9. The maximum absolute atomic E-state index is 15.2. The van der Waals surface area contributed by atoms with Gasteiger partial charge >= 0.3 is 0 Å². The van der Waals surface area contributed by atoms with Gasteiger partial charge in [0.25, 0.3) is 0 Å². The van der Waals surface area contributed by atoms with Crippen molar-refractivity contribution in [2.24, 2.45) is 35.5 Å². The van der Waals surface area contributed by atoms with E-state index in [1.165, 1.54) is 7.11 Å². The van der Waals surface area contributed by atoms with E-state index in [-0.39, 0.29) is 48.0 Å². The number of phenolic OH excluding ortho intramolecular Hbond substituents is 1. The normalized spacial score (nSPS) is 26.9. The number of benzene rings is 4. The lowest BCUT2D eigenvalue weighted by atomic mass is 9.73. The molecule has 0 amide bonds. The molecule has 5 aromatic rings. The molecule has 0 radical (unpaired) electrons. The molecular formula is C65H80N4O7. The van der Waals surface area contributed by atoms with Crippen molar-refractivity contribution in [3.63, 3.8) is 0 Å². The Kier molecular flexibility index (Phi) is 17.9. The van der Waals surface area contributed by atoms with E-state index in [0.717, 1.165) is 99.0 Å². The molecule has 1 saturated carbocycles. The summed E-state index contributed by atoms with van der Waals surface area (Å²) in [5.41, 5.74) is 8.95. The summed E-state index contributed by atoms with van der Waals surface area (Å²) >= 11 is 0. The van der Waals surface area contributed by atoms with E-state index in [9.17, 15) is 25.2 Å². The highest BCUT2D eigenvalue weighted by molar-refractivity contribution is 6.06. The molecule has 0 saturated heterocycles. The van der Waals surface area contributed by atoms with Crippen LogP contribution >= 0.6 is 0 Å². The number of carbonyl (C=O) groups excluding carboxylic acids is 2. The standard InChI is InChI=1S/C65H80N4O7/c1-6-9-55-49-27-43(24-42-22-23-67-63(29-42)69-51-19-16-44-15-13-41(25-48(44)30-51)28-53(70)38-66-36-40(4)50-31-52(68-37-50)34-60(55)72)26-46-17-20-56(54-11-8-7-10-45(54)14-12-39(2)3)57-35-61(73)62(76-5)33-47(57)18-21-59(71)65(75)64(74)58(46)32-49/h7-8,10-11,13,15-16,19,22,25,29-31,33,35,37,39-40,43,46,49,53,55-56,58,60,65-70,72-73,75H,6,9,12,14,18,21,23-24,26-28,32,34,36,38H2,1-5H3. The lowest BCUT2D eigenvalue weighted by Gasteiger charge is -2.33. The van der Waals surface area contributed by atoms with Crippen LogP contribution in [0.5, 0.6) is 11.5 Å². The third-order valence-corrected chi connectivity index (χ3v) is 16.8. The van der Waals surface area contributed by atoms with Crippen molar-refractivity contribution in [1.29, 1.82) is 0 Å². The second kappa shape index (κ2) is 24.9. The molecule has 2 aliphatic heterocycles. The number of aromatic nitrogens is 1. The average Bonchev–Trinajstić information content (AvgIpc) is 3.80. The molecule has 9 bridgehead atoms. The van der Waals surface area contributed by atoms with Gasteiger partial charge in [-0.1, -0.05) is 101 Å². The number of Topliss-reactive ketones (excluding diaryl/α,β-unsaturated/α-hetero) is 2. The van der Waals surface area contributed by atoms with E-state index >= 15 is 4.79 Å². The molecule has 11 heteroatoms. The van der Waals surface area contributed by atoms with Crippen molar-refractivity contribution in [2.75, 3.05) is 32.1 Å². The Morgan fingerprint density at radius 3 is 2.50 bits per heavy atom. The fourth-order valence-corrected chi connectivity index (χ4v) is 12.7. The number of dihydropyridines is 1. The van der Waals surface area contributed by atoms with E-state index in [1.807, 2.05) is 12.3 Å². The number of aryl methyl sites for hydroxylation is 2. The predicted molar refractivity (Wildman–Crippen MR) is 302 cm³/mol. The van der Waals surface area contributed by atoms with Gasteiger partial charge in [0.15, 0.2) is 29.2 Å². The molecule has 76 heavy (non-hydrogen) atoms. The molecule has 2 aliphatic carbocycles. The minimum atomic E-state index is -1.83. The van der Waals surface area contributed by atoms with Crippen LogP contribution in [-0.4, -0.2) is 82.0 Å². The number of hydrogen-bond donors (Lipinski definition) is 8. The van der Waals surface area contributed by atoms with Gasteiger partial charge in [-0.3, -0.25) is 9.59 Å². The maximum atomic E-state index is 15.2. The summed E-state index contributed by atoms with van der Waals surface area (Å²) in [6.07, 6.45) is 10.1. The van der Waals surface area contributed by atoms with Crippen LogP contribution in [0.4, 0.5) is 5.69 Å². The number of anilines is 1. The molecule has 1 fully saturated rings. The number of hydrogen-bond acceptors (Lipinski definition) is 10. The molecule has 10 unspecified atom stereocenters. The van der Waals surface area contributed by atoms with Gasteiger partial charge in [-0.25, -0.2) is 0 Å². The molecule has 1 aromatic heterocycles. The first-order valence-electron chi connectivity index (χ1n) is 28.1. The van der Waals surface area contributed by atoms with Crippen LogP contribution in [0.15, 0.2) is 109 Å². The molecule has 11 nitrogen and oxygen atoms in total. The third kappa shape index (κ3) is 13.1. The minimum absolute atomic E-state index is 0.0214. The van der Waals surface area contributed by atoms with Crippen LogP contribution in [0.3, 0.4) is 0 Å². The zero-order valence-electron chi connectivity index (χ0n) is 45.2. The number of carbonyl (C=O) groups is 2. The lowest BCUT2D eigenvalue weighted by molar-refractivity contribution is -0.142. The molecule has 402 valence electrons. The summed E-state index contributed by atoms with van der Waals surface area (Å²) in [7, 11) is 1.50. The molecule has 0 spiro atoms. The number of aliphatic hydroxyl groups excluding tert-OH is 3. The Balaban J connectivity index is 1.15. The highest BCUT2D eigenvalue weighted by Crippen LogP contribution is 2.46. The third-order valence-electron chi connectivity index (χ3n) is 16.8. The van der Waals surface area contributed by atoms with Gasteiger partial charge in [-0.2, -0.15) is 0 Å². The van der Waals surface area contributed by atoms with Crippen molar-refractivity contribution in [1.82, 2.24) is 15.6 Å². The van der Waals surface area contributed by atoms with Crippen LogP contribution in [0.1, 0.15) is 130 Å². The number of fused-ring (bicyclic) bond motifs is 9. The number of phenols is 1. The largest absolute Gasteiger partial charge is 0.504 e. The van der Waals surface area contributed by atoms with Crippen molar-refractivity contribution in [3.8, 4) is 23.3 Å². The molecule has 10 atom stereocenters. The van der Waals surface area contributed by atoms with Crippen LogP contribution in [-0.2, 0) is 35.3 Å².